The van der Waals surface area contributed by atoms with Crippen LogP contribution in [0.5, 0.6) is 12.0 Å². The van der Waals surface area contributed by atoms with Gasteiger partial charge in [0.2, 0.25) is 5.95 Å². The van der Waals surface area contributed by atoms with E-state index in [-0.39, 0.29) is 11.5 Å². The van der Waals surface area contributed by atoms with Gasteiger partial charge >= 0.3 is 18.0 Å². The third kappa shape index (κ3) is 2.70. The molecule has 2 aromatic carbocycles. The van der Waals surface area contributed by atoms with E-state index in [9.17, 15) is 15.0 Å². The SMILES string of the molecule is O=C(O)c1ccc2cc(Nc3nc(O)nc(O)n3)ccc2c1. The molecule has 0 atom stereocenters. The minimum absolute atomic E-state index is 0.00786. The van der Waals surface area contributed by atoms with Gasteiger partial charge in [-0.3, -0.25) is 0 Å². The lowest BCUT2D eigenvalue weighted by molar-refractivity contribution is 0.0697. The molecule has 0 aliphatic heterocycles. The molecule has 110 valence electrons. The predicted molar refractivity (Wildman–Crippen MR) is 77.3 cm³/mol. The summed E-state index contributed by atoms with van der Waals surface area (Å²) in [5.74, 6) is -0.994. The number of anilines is 2. The van der Waals surface area contributed by atoms with Gasteiger partial charge in [-0.2, -0.15) is 9.97 Å². The van der Waals surface area contributed by atoms with Gasteiger partial charge < -0.3 is 20.6 Å². The first-order valence-corrected chi connectivity index (χ1v) is 6.19. The number of carboxylic acids is 1. The van der Waals surface area contributed by atoms with E-state index in [1.807, 2.05) is 0 Å². The molecule has 0 bridgehead atoms. The second kappa shape index (κ2) is 5.17. The highest BCUT2D eigenvalue weighted by Gasteiger charge is 2.07. The van der Waals surface area contributed by atoms with Crippen molar-refractivity contribution in [2.45, 2.75) is 0 Å². The normalized spacial score (nSPS) is 10.5. The number of carbonyl (C=O) groups is 1. The maximum atomic E-state index is 10.9. The average Bonchev–Trinajstić information content (AvgIpc) is 2.45. The van der Waals surface area contributed by atoms with Gasteiger partial charge in [-0.1, -0.05) is 12.1 Å². The van der Waals surface area contributed by atoms with Gasteiger partial charge in [-0.25, -0.2) is 4.79 Å². The summed E-state index contributed by atoms with van der Waals surface area (Å²) in [6.07, 6.45) is 0. The Hall–Kier alpha value is -3.42. The van der Waals surface area contributed by atoms with Crippen LogP contribution in [0.4, 0.5) is 11.6 Å². The maximum absolute atomic E-state index is 10.9. The molecule has 1 heterocycles. The summed E-state index contributed by atoms with van der Waals surface area (Å²) in [7, 11) is 0. The summed E-state index contributed by atoms with van der Waals surface area (Å²) in [5.41, 5.74) is 0.820. The molecule has 4 N–H and O–H groups in total. The van der Waals surface area contributed by atoms with E-state index in [0.29, 0.717) is 5.69 Å². The molecular weight excluding hydrogens is 288 g/mol. The second-order valence-electron chi connectivity index (χ2n) is 4.47. The van der Waals surface area contributed by atoms with Gasteiger partial charge in [0.25, 0.3) is 0 Å². The predicted octanol–water partition coefficient (Wildman–Crippen LogP) is 1.88. The van der Waals surface area contributed by atoms with Crippen LogP contribution in [-0.2, 0) is 0 Å². The molecule has 0 aliphatic carbocycles. The summed E-state index contributed by atoms with van der Waals surface area (Å²) in [4.78, 5) is 21.4. The molecule has 0 spiro atoms. The lowest BCUT2D eigenvalue weighted by Gasteiger charge is -2.07. The monoisotopic (exact) mass is 298 g/mol. The molecule has 0 unspecified atom stereocenters. The first-order chi connectivity index (χ1) is 10.5. The molecule has 1 aromatic heterocycles. The smallest absolute Gasteiger partial charge is 0.335 e. The number of aromatic hydroxyl groups is 2. The number of aromatic carboxylic acids is 1. The van der Waals surface area contributed by atoms with Crippen LogP contribution in [-0.4, -0.2) is 36.2 Å². The summed E-state index contributed by atoms with van der Waals surface area (Å²) >= 11 is 0. The zero-order valence-corrected chi connectivity index (χ0v) is 11.1. The molecule has 0 fully saturated rings. The van der Waals surface area contributed by atoms with E-state index in [4.69, 9.17) is 5.11 Å². The summed E-state index contributed by atoms with van der Waals surface area (Å²) in [5, 5.41) is 31.8. The Balaban J connectivity index is 1.95. The van der Waals surface area contributed by atoms with Crippen molar-refractivity contribution in [3.8, 4) is 12.0 Å². The number of aromatic nitrogens is 3. The van der Waals surface area contributed by atoms with Gasteiger partial charge in [0.05, 0.1) is 5.56 Å². The van der Waals surface area contributed by atoms with Crippen molar-refractivity contribution in [3.05, 3.63) is 42.0 Å². The van der Waals surface area contributed by atoms with Gasteiger partial charge in [0.1, 0.15) is 0 Å². The van der Waals surface area contributed by atoms with E-state index in [0.717, 1.165) is 10.8 Å². The van der Waals surface area contributed by atoms with Crippen molar-refractivity contribution in [2.24, 2.45) is 0 Å². The van der Waals surface area contributed by atoms with Gasteiger partial charge in [0.15, 0.2) is 0 Å². The van der Waals surface area contributed by atoms with Crippen molar-refractivity contribution >= 4 is 28.4 Å². The lowest BCUT2D eigenvalue weighted by Crippen LogP contribution is -1.98. The Morgan fingerprint density at radius 2 is 1.55 bits per heavy atom. The number of hydrogen-bond acceptors (Lipinski definition) is 7. The zero-order chi connectivity index (χ0) is 15.7. The fourth-order valence-electron chi connectivity index (χ4n) is 2.00. The van der Waals surface area contributed by atoms with Gasteiger partial charge in [0, 0.05) is 5.69 Å². The molecule has 3 aromatic rings. The van der Waals surface area contributed by atoms with Crippen molar-refractivity contribution < 1.29 is 20.1 Å². The molecule has 0 aliphatic rings. The fraction of sp³-hybridized carbons (Fsp3) is 0. The third-order valence-corrected chi connectivity index (χ3v) is 2.96. The largest absolute Gasteiger partial charge is 0.479 e. The second-order valence-corrected chi connectivity index (χ2v) is 4.47. The number of nitrogens with one attached hydrogen (secondary N) is 1. The van der Waals surface area contributed by atoms with Crippen molar-refractivity contribution in [1.82, 2.24) is 15.0 Å². The Morgan fingerprint density at radius 1 is 0.909 bits per heavy atom. The highest BCUT2D eigenvalue weighted by molar-refractivity contribution is 5.95. The third-order valence-electron chi connectivity index (χ3n) is 2.96. The highest BCUT2D eigenvalue weighted by Crippen LogP contribution is 2.23. The maximum Gasteiger partial charge on any atom is 0.335 e. The van der Waals surface area contributed by atoms with E-state index < -0.39 is 18.0 Å². The molecule has 0 amide bonds. The van der Waals surface area contributed by atoms with E-state index in [1.54, 1.807) is 30.3 Å². The van der Waals surface area contributed by atoms with E-state index in [1.165, 1.54) is 6.07 Å². The molecule has 3 rings (SSSR count). The first-order valence-electron chi connectivity index (χ1n) is 6.19. The van der Waals surface area contributed by atoms with Gasteiger partial charge in [-0.05, 0) is 35.0 Å². The van der Waals surface area contributed by atoms with E-state index >= 15 is 0 Å². The van der Waals surface area contributed by atoms with Crippen LogP contribution >= 0.6 is 0 Å². The lowest BCUT2D eigenvalue weighted by atomic mass is 10.1. The Labute approximate surface area is 123 Å². The number of fused-ring (bicyclic) bond motifs is 1. The zero-order valence-electron chi connectivity index (χ0n) is 11.1. The number of hydrogen-bond donors (Lipinski definition) is 4. The number of benzene rings is 2. The van der Waals surface area contributed by atoms with Gasteiger partial charge in [-0.15, -0.1) is 4.98 Å². The van der Waals surface area contributed by atoms with Crippen LogP contribution in [0.25, 0.3) is 10.8 Å². The summed E-state index contributed by atoms with van der Waals surface area (Å²) < 4.78 is 0. The van der Waals surface area contributed by atoms with E-state index in [2.05, 4.69) is 20.3 Å². The van der Waals surface area contributed by atoms with Crippen LogP contribution in [0.15, 0.2) is 36.4 Å². The topological polar surface area (TPSA) is 128 Å². The molecular formula is C14H10N4O4. The van der Waals surface area contributed by atoms with Crippen molar-refractivity contribution in [3.63, 3.8) is 0 Å². The van der Waals surface area contributed by atoms with Crippen LogP contribution < -0.4 is 5.32 Å². The number of nitrogens with zero attached hydrogens (tertiary/aromatic N) is 3. The Bertz CT molecular complexity index is 862. The quantitative estimate of drug-likeness (QED) is 0.577. The number of rotatable bonds is 3. The van der Waals surface area contributed by atoms with Crippen LogP contribution in [0.3, 0.4) is 0 Å². The first kappa shape index (κ1) is 13.6. The van der Waals surface area contributed by atoms with Crippen molar-refractivity contribution in [1.29, 1.82) is 0 Å². The van der Waals surface area contributed by atoms with Crippen LogP contribution in [0.2, 0.25) is 0 Å². The Kier molecular flexibility index (Phi) is 3.18. The van der Waals surface area contributed by atoms with Crippen molar-refractivity contribution in [2.75, 3.05) is 5.32 Å². The molecule has 0 saturated heterocycles. The summed E-state index contributed by atoms with van der Waals surface area (Å²) in [6.45, 7) is 0. The highest BCUT2D eigenvalue weighted by atomic mass is 16.4. The van der Waals surface area contributed by atoms with Crippen LogP contribution in [0.1, 0.15) is 10.4 Å². The molecule has 0 radical (unpaired) electrons. The van der Waals surface area contributed by atoms with Crippen LogP contribution in [0, 0.1) is 0 Å². The minimum atomic E-state index is -0.986. The standard InChI is InChI=1S/C14H10N4O4/c19-11(20)9-2-1-8-6-10(4-3-7(8)5-9)15-12-16-13(21)18-14(22)17-12/h1-6H,(H,19,20)(H3,15,16,17,18,21,22). The number of carboxylic acid groups (broad SMARTS) is 1. The molecule has 8 nitrogen and oxygen atoms in total. The fourth-order valence-corrected chi connectivity index (χ4v) is 2.00. The molecule has 22 heavy (non-hydrogen) atoms. The Morgan fingerprint density at radius 3 is 2.23 bits per heavy atom. The molecule has 8 heteroatoms. The molecule has 0 saturated carbocycles. The average molecular weight is 298 g/mol. The summed E-state index contributed by atoms with van der Waals surface area (Å²) in [6, 6.07) is 8.78. The minimum Gasteiger partial charge on any atom is -0.479 e.